The number of hydrogen-bond acceptors (Lipinski definition) is 3. The highest BCUT2D eigenvalue weighted by Gasteiger charge is 2.09. The molecular formula is C20H28N4O2S. The van der Waals surface area contributed by atoms with Crippen LogP contribution in [0.3, 0.4) is 0 Å². The van der Waals surface area contributed by atoms with E-state index >= 15 is 0 Å². The van der Waals surface area contributed by atoms with Crippen molar-refractivity contribution in [2.75, 3.05) is 20.6 Å². The molecule has 7 heteroatoms. The number of nitrogens with one attached hydrogen (secondary N) is 2. The standard InChI is InChI=1S/C20H28N4O2S/c1-4-22-20(24(3)15-18-8-6-5-7-9-18)23-14-17-10-12-19(13-11-17)16-27(25,26)21-2/h5-13,21H,4,14-16H2,1-3H3,(H,22,23). The highest BCUT2D eigenvalue weighted by Crippen LogP contribution is 2.09. The smallest absolute Gasteiger partial charge is 0.215 e. The molecule has 0 heterocycles. The van der Waals surface area contributed by atoms with E-state index in [1.807, 2.05) is 56.4 Å². The molecule has 0 unspecified atom stereocenters. The molecule has 0 saturated carbocycles. The van der Waals surface area contributed by atoms with Crippen molar-refractivity contribution < 1.29 is 8.42 Å². The number of nitrogens with zero attached hydrogens (tertiary/aromatic N) is 2. The summed E-state index contributed by atoms with van der Waals surface area (Å²) in [6.07, 6.45) is 0. The number of guanidine groups is 1. The van der Waals surface area contributed by atoms with Crippen molar-refractivity contribution in [2.45, 2.75) is 25.8 Å². The predicted octanol–water partition coefficient (Wildman–Crippen LogP) is 2.33. The van der Waals surface area contributed by atoms with Gasteiger partial charge in [0.15, 0.2) is 5.96 Å². The summed E-state index contributed by atoms with van der Waals surface area (Å²) in [4.78, 5) is 6.79. The van der Waals surface area contributed by atoms with Gasteiger partial charge in [-0.25, -0.2) is 18.1 Å². The maximum Gasteiger partial charge on any atom is 0.215 e. The van der Waals surface area contributed by atoms with Gasteiger partial charge in [0.2, 0.25) is 10.0 Å². The zero-order chi connectivity index (χ0) is 19.7. The minimum atomic E-state index is -3.25. The number of aliphatic imine (C=N–C) groups is 1. The molecule has 0 aliphatic rings. The van der Waals surface area contributed by atoms with Gasteiger partial charge in [0.1, 0.15) is 0 Å². The Balaban J connectivity index is 2.03. The van der Waals surface area contributed by atoms with Crippen LogP contribution in [-0.4, -0.2) is 39.9 Å². The zero-order valence-electron chi connectivity index (χ0n) is 16.1. The van der Waals surface area contributed by atoms with Crippen LogP contribution < -0.4 is 10.0 Å². The van der Waals surface area contributed by atoms with Crippen molar-refractivity contribution >= 4 is 16.0 Å². The van der Waals surface area contributed by atoms with Crippen LogP contribution >= 0.6 is 0 Å². The van der Waals surface area contributed by atoms with E-state index in [0.717, 1.165) is 30.2 Å². The first-order valence-corrected chi connectivity index (χ1v) is 10.6. The Labute approximate surface area is 162 Å². The van der Waals surface area contributed by atoms with Crippen molar-refractivity contribution in [3.63, 3.8) is 0 Å². The van der Waals surface area contributed by atoms with E-state index in [2.05, 4.69) is 27.1 Å². The lowest BCUT2D eigenvalue weighted by Gasteiger charge is -2.22. The Bertz CT molecular complexity index is 834. The third-order valence-corrected chi connectivity index (χ3v) is 5.40. The fraction of sp³-hybridized carbons (Fsp3) is 0.350. The summed E-state index contributed by atoms with van der Waals surface area (Å²) in [5.74, 6) is 0.818. The van der Waals surface area contributed by atoms with Crippen molar-refractivity contribution in [3.05, 3.63) is 71.3 Å². The summed E-state index contributed by atoms with van der Waals surface area (Å²) in [5.41, 5.74) is 3.01. The molecular weight excluding hydrogens is 360 g/mol. The lowest BCUT2D eigenvalue weighted by molar-refractivity contribution is 0.477. The molecule has 6 nitrogen and oxygen atoms in total. The van der Waals surface area contributed by atoms with E-state index in [9.17, 15) is 8.42 Å². The van der Waals surface area contributed by atoms with Gasteiger partial charge in [-0.2, -0.15) is 0 Å². The first-order chi connectivity index (χ1) is 12.9. The average Bonchev–Trinajstić information content (AvgIpc) is 2.67. The average molecular weight is 389 g/mol. The van der Waals surface area contributed by atoms with Crippen LogP contribution in [0.2, 0.25) is 0 Å². The van der Waals surface area contributed by atoms with Gasteiger partial charge < -0.3 is 10.2 Å². The highest BCUT2D eigenvalue weighted by atomic mass is 32.2. The van der Waals surface area contributed by atoms with Gasteiger partial charge in [-0.05, 0) is 30.7 Å². The summed E-state index contributed by atoms with van der Waals surface area (Å²) in [6.45, 7) is 4.13. The molecule has 0 fully saturated rings. The van der Waals surface area contributed by atoms with Gasteiger partial charge in [-0.15, -0.1) is 0 Å². The van der Waals surface area contributed by atoms with Crippen LogP contribution in [-0.2, 0) is 28.9 Å². The third kappa shape index (κ3) is 7.03. The van der Waals surface area contributed by atoms with Gasteiger partial charge in [0.05, 0.1) is 12.3 Å². The summed E-state index contributed by atoms with van der Waals surface area (Å²) < 4.78 is 25.6. The molecule has 0 aliphatic carbocycles. The predicted molar refractivity (Wildman–Crippen MR) is 111 cm³/mol. The van der Waals surface area contributed by atoms with Crippen LogP contribution in [0.15, 0.2) is 59.6 Å². The number of rotatable bonds is 8. The molecule has 2 N–H and O–H groups in total. The van der Waals surface area contributed by atoms with E-state index in [1.54, 1.807) is 0 Å². The van der Waals surface area contributed by atoms with Crippen LogP contribution in [0.4, 0.5) is 0 Å². The number of benzene rings is 2. The molecule has 0 spiro atoms. The third-order valence-electron chi connectivity index (χ3n) is 4.06. The van der Waals surface area contributed by atoms with Crippen LogP contribution in [0.25, 0.3) is 0 Å². The lowest BCUT2D eigenvalue weighted by atomic mass is 10.1. The monoisotopic (exact) mass is 388 g/mol. The molecule has 0 aliphatic heterocycles. The Kier molecular flexibility index (Phi) is 7.82. The summed E-state index contributed by atoms with van der Waals surface area (Å²) in [6, 6.07) is 17.8. The first kappa shape index (κ1) is 20.9. The molecule has 0 bridgehead atoms. The van der Waals surface area contributed by atoms with E-state index in [1.165, 1.54) is 12.6 Å². The second-order valence-corrected chi connectivity index (χ2v) is 8.22. The van der Waals surface area contributed by atoms with Crippen LogP contribution in [0.5, 0.6) is 0 Å². The molecule has 146 valence electrons. The fourth-order valence-electron chi connectivity index (χ4n) is 2.60. The largest absolute Gasteiger partial charge is 0.357 e. The van der Waals surface area contributed by atoms with E-state index in [0.29, 0.717) is 6.54 Å². The first-order valence-electron chi connectivity index (χ1n) is 8.96. The quantitative estimate of drug-likeness (QED) is 0.538. The molecule has 2 aromatic rings. The maximum absolute atomic E-state index is 11.6. The molecule has 0 radical (unpaired) electrons. The lowest BCUT2D eigenvalue weighted by Crippen LogP contribution is -2.38. The second-order valence-electron chi connectivity index (χ2n) is 6.29. The van der Waals surface area contributed by atoms with Gasteiger partial charge in [0.25, 0.3) is 0 Å². The zero-order valence-corrected chi connectivity index (χ0v) is 17.0. The molecule has 0 aromatic heterocycles. The Hall–Kier alpha value is -2.38. The number of hydrogen-bond donors (Lipinski definition) is 2. The molecule has 2 rings (SSSR count). The van der Waals surface area contributed by atoms with Gasteiger partial charge in [-0.3, -0.25) is 0 Å². The van der Waals surface area contributed by atoms with Crippen LogP contribution in [0.1, 0.15) is 23.6 Å². The van der Waals surface area contributed by atoms with Crippen molar-refractivity contribution in [1.29, 1.82) is 0 Å². The minimum Gasteiger partial charge on any atom is -0.357 e. The van der Waals surface area contributed by atoms with Gasteiger partial charge in [0, 0.05) is 20.1 Å². The molecule has 2 aromatic carbocycles. The summed E-state index contributed by atoms with van der Waals surface area (Å²) >= 11 is 0. The van der Waals surface area contributed by atoms with Gasteiger partial charge in [-0.1, -0.05) is 54.6 Å². The summed E-state index contributed by atoms with van der Waals surface area (Å²) in [5, 5.41) is 3.31. The van der Waals surface area contributed by atoms with Crippen molar-refractivity contribution in [2.24, 2.45) is 4.99 Å². The highest BCUT2D eigenvalue weighted by molar-refractivity contribution is 7.88. The SMILES string of the molecule is CCNC(=NCc1ccc(CS(=O)(=O)NC)cc1)N(C)Cc1ccccc1. The normalized spacial score (nSPS) is 12.0. The maximum atomic E-state index is 11.6. The molecule has 27 heavy (non-hydrogen) atoms. The number of sulfonamides is 1. The molecule has 0 saturated heterocycles. The molecule has 0 atom stereocenters. The second kappa shape index (κ2) is 10.1. The van der Waals surface area contributed by atoms with Crippen molar-refractivity contribution in [1.82, 2.24) is 14.9 Å². The Morgan fingerprint density at radius 2 is 1.63 bits per heavy atom. The fourth-order valence-corrected chi connectivity index (χ4v) is 3.38. The Morgan fingerprint density at radius 3 is 2.22 bits per heavy atom. The van der Waals surface area contributed by atoms with Gasteiger partial charge >= 0.3 is 0 Å². The van der Waals surface area contributed by atoms with Crippen molar-refractivity contribution in [3.8, 4) is 0 Å². The summed E-state index contributed by atoms with van der Waals surface area (Å²) in [7, 11) is 0.184. The van der Waals surface area contributed by atoms with E-state index < -0.39 is 10.0 Å². The minimum absolute atomic E-state index is 0.0184. The van der Waals surface area contributed by atoms with E-state index in [-0.39, 0.29) is 5.75 Å². The van der Waals surface area contributed by atoms with E-state index in [4.69, 9.17) is 4.99 Å². The molecule has 0 amide bonds. The Morgan fingerprint density at radius 1 is 1.00 bits per heavy atom. The van der Waals surface area contributed by atoms with Crippen LogP contribution in [0, 0.1) is 0 Å². The topological polar surface area (TPSA) is 73.8 Å².